The SMILES string of the molecule is CSc1ccc(NC(=O)O[C@H](c2ccc(O)c(F)c2)[C@@H](/C=C/C(=O)O)Oc2ccccc2)cc1. The summed E-state index contributed by atoms with van der Waals surface area (Å²) in [6, 6.07) is 19.0. The average molecular weight is 484 g/mol. The number of phenols is 1. The van der Waals surface area contributed by atoms with Gasteiger partial charge in [0.15, 0.2) is 23.8 Å². The van der Waals surface area contributed by atoms with Crippen molar-refractivity contribution < 1.29 is 33.7 Å². The zero-order chi connectivity index (χ0) is 24.5. The van der Waals surface area contributed by atoms with Crippen molar-refractivity contribution in [2.24, 2.45) is 0 Å². The molecule has 7 nitrogen and oxygen atoms in total. The van der Waals surface area contributed by atoms with Crippen molar-refractivity contribution in [1.29, 1.82) is 0 Å². The lowest BCUT2D eigenvalue weighted by Gasteiger charge is -2.26. The summed E-state index contributed by atoms with van der Waals surface area (Å²) in [6.45, 7) is 0. The molecule has 0 bridgehead atoms. The van der Waals surface area contributed by atoms with Crippen molar-refractivity contribution in [3.8, 4) is 11.5 Å². The first-order valence-corrected chi connectivity index (χ1v) is 11.3. The van der Waals surface area contributed by atoms with Gasteiger partial charge in [-0.1, -0.05) is 24.3 Å². The Morgan fingerprint density at radius 2 is 1.76 bits per heavy atom. The predicted molar refractivity (Wildman–Crippen MR) is 127 cm³/mol. The molecule has 0 saturated heterocycles. The molecule has 1 amide bonds. The summed E-state index contributed by atoms with van der Waals surface area (Å²) in [5.41, 5.74) is 0.624. The minimum absolute atomic E-state index is 0.152. The number of carbonyl (C=O) groups is 2. The van der Waals surface area contributed by atoms with Crippen molar-refractivity contribution in [2.75, 3.05) is 11.6 Å². The summed E-state index contributed by atoms with van der Waals surface area (Å²) in [5.74, 6) is -2.37. The molecule has 34 heavy (non-hydrogen) atoms. The molecule has 2 atom stereocenters. The van der Waals surface area contributed by atoms with Crippen LogP contribution in [0.3, 0.4) is 0 Å². The molecule has 0 aliphatic heterocycles. The monoisotopic (exact) mass is 483 g/mol. The minimum atomic E-state index is -1.25. The number of nitrogens with one attached hydrogen (secondary N) is 1. The van der Waals surface area contributed by atoms with Gasteiger partial charge < -0.3 is 19.7 Å². The van der Waals surface area contributed by atoms with E-state index in [1.165, 1.54) is 12.1 Å². The first kappa shape index (κ1) is 24.7. The lowest BCUT2D eigenvalue weighted by molar-refractivity contribution is -0.131. The molecule has 0 unspecified atom stereocenters. The van der Waals surface area contributed by atoms with Gasteiger partial charge in [-0.3, -0.25) is 5.32 Å². The Labute approximate surface area is 199 Å². The van der Waals surface area contributed by atoms with Crippen LogP contribution in [0.15, 0.2) is 89.8 Å². The molecule has 176 valence electrons. The number of para-hydroxylation sites is 1. The Morgan fingerprint density at radius 1 is 1.06 bits per heavy atom. The smallest absolute Gasteiger partial charge is 0.412 e. The van der Waals surface area contributed by atoms with E-state index in [2.05, 4.69) is 5.32 Å². The van der Waals surface area contributed by atoms with E-state index in [0.29, 0.717) is 11.4 Å². The fourth-order valence-corrected chi connectivity index (χ4v) is 3.41. The van der Waals surface area contributed by atoms with Crippen LogP contribution < -0.4 is 10.1 Å². The molecule has 0 saturated carbocycles. The van der Waals surface area contributed by atoms with Crippen molar-refractivity contribution >= 4 is 29.5 Å². The molecular formula is C25H22FNO6S. The molecule has 0 fully saturated rings. The molecule has 0 aromatic heterocycles. The first-order chi connectivity index (χ1) is 16.4. The number of hydrogen-bond acceptors (Lipinski definition) is 6. The number of benzene rings is 3. The number of aliphatic carboxylic acids is 1. The van der Waals surface area contributed by atoms with E-state index in [9.17, 15) is 19.1 Å². The molecule has 0 aliphatic carbocycles. The highest BCUT2D eigenvalue weighted by Gasteiger charge is 2.28. The largest absolute Gasteiger partial charge is 0.505 e. The van der Waals surface area contributed by atoms with Gasteiger partial charge in [-0.05, 0) is 66.4 Å². The van der Waals surface area contributed by atoms with E-state index >= 15 is 0 Å². The Bertz CT molecular complexity index is 1150. The van der Waals surface area contributed by atoms with Crippen LogP contribution in [0.25, 0.3) is 0 Å². The molecule has 3 N–H and O–H groups in total. The lowest BCUT2D eigenvalue weighted by Crippen LogP contribution is -2.30. The Balaban J connectivity index is 1.92. The zero-order valence-electron chi connectivity index (χ0n) is 18.1. The van der Waals surface area contributed by atoms with Crippen molar-refractivity contribution in [3.63, 3.8) is 0 Å². The number of carbonyl (C=O) groups excluding carboxylic acids is 1. The van der Waals surface area contributed by atoms with E-state index in [0.717, 1.165) is 23.1 Å². The highest BCUT2D eigenvalue weighted by Crippen LogP contribution is 2.30. The number of aromatic hydroxyl groups is 1. The van der Waals surface area contributed by atoms with Crippen molar-refractivity contribution in [2.45, 2.75) is 17.1 Å². The molecule has 0 radical (unpaired) electrons. The molecule has 0 spiro atoms. The van der Waals surface area contributed by atoms with Crippen LogP contribution >= 0.6 is 11.8 Å². The third kappa shape index (κ3) is 7.01. The van der Waals surface area contributed by atoms with Crippen LogP contribution in [-0.2, 0) is 9.53 Å². The summed E-state index contributed by atoms with van der Waals surface area (Å²) in [7, 11) is 0. The maximum absolute atomic E-state index is 14.1. The van der Waals surface area contributed by atoms with E-state index in [-0.39, 0.29) is 5.56 Å². The fourth-order valence-electron chi connectivity index (χ4n) is 3.00. The third-order valence-corrected chi connectivity index (χ3v) is 5.36. The molecule has 3 aromatic rings. The lowest BCUT2D eigenvalue weighted by atomic mass is 10.0. The Kier molecular flexibility index (Phi) is 8.53. The quantitative estimate of drug-likeness (QED) is 0.268. The van der Waals surface area contributed by atoms with Gasteiger partial charge in [0, 0.05) is 16.7 Å². The van der Waals surface area contributed by atoms with Gasteiger partial charge in [0.2, 0.25) is 0 Å². The van der Waals surface area contributed by atoms with Gasteiger partial charge in [-0.2, -0.15) is 0 Å². The molecule has 0 aliphatic rings. The maximum atomic E-state index is 14.1. The number of anilines is 1. The van der Waals surface area contributed by atoms with E-state index in [1.807, 2.05) is 18.4 Å². The second kappa shape index (κ2) is 11.8. The Morgan fingerprint density at radius 3 is 2.38 bits per heavy atom. The normalized spacial score (nSPS) is 12.6. The number of halogens is 1. The van der Waals surface area contributed by atoms with Crippen molar-refractivity contribution in [3.05, 3.63) is 96.3 Å². The zero-order valence-corrected chi connectivity index (χ0v) is 18.9. The number of ether oxygens (including phenoxy) is 2. The predicted octanol–water partition coefficient (Wildman–Crippen LogP) is 5.63. The topological polar surface area (TPSA) is 105 Å². The summed E-state index contributed by atoms with van der Waals surface area (Å²) in [4.78, 5) is 24.9. The summed E-state index contributed by atoms with van der Waals surface area (Å²) < 4.78 is 25.6. The van der Waals surface area contributed by atoms with Crippen LogP contribution in [0.2, 0.25) is 0 Å². The number of hydrogen-bond donors (Lipinski definition) is 3. The van der Waals surface area contributed by atoms with Gasteiger partial charge in [-0.15, -0.1) is 11.8 Å². The van der Waals surface area contributed by atoms with Gasteiger partial charge >= 0.3 is 12.1 Å². The average Bonchev–Trinajstić information content (AvgIpc) is 2.83. The van der Waals surface area contributed by atoms with Crippen LogP contribution in [0.5, 0.6) is 11.5 Å². The van der Waals surface area contributed by atoms with Gasteiger partial charge in [0.1, 0.15) is 5.75 Å². The van der Waals surface area contributed by atoms with Crippen LogP contribution in [0.4, 0.5) is 14.9 Å². The number of carboxylic acids is 1. The van der Waals surface area contributed by atoms with Crippen LogP contribution in [-0.4, -0.2) is 34.6 Å². The second-order valence-corrected chi connectivity index (χ2v) is 7.86. The molecule has 0 heterocycles. The van der Waals surface area contributed by atoms with Crippen LogP contribution in [0, 0.1) is 5.82 Å². The molecular weight excluding hydrogens is 461 g/mol. The molecule has 3 aromatic carbocycles. The van der Waals surface area contributed by atoms with E-state index in [4.69, 9.17) is 14.6 Å². The van der Waals surface area contributed by atoms with E-state index < -0.39 is 35.8 Å². The second-order valence-electron chi connectivity index (χ2n) is 6.98. The summed E-state index contributed by atoms with van der Waals surface area (Å²) in [6.07, 6.45) is 0.727. The number of thioether (sulfide) groups is 1. The number of rotatable bonds is 9. The van der Waals surface area contributed by atoms with Gasteiger partial charge in [-0.25, -0.2) is 14.0 Å². The number of phenolic OH excluding ortho intramolecular Hbond substituents is 1. The Hall–Kier alpha value is -3.98. The summed E-state index contributed by atoms with van der Waals surface area (Å²) in [5, 5.41) is 21.3. The van der Waals surface area contributed by atoms with E-state index in [1.54, 1.807) is 54.2 Å². The minimum Gasteiger partial charge on any atom is -0.505 e. The maximum Gasteiger partial charge on any atom is 0.412 e. The first-order valence-electron chi connectivity index (χ1n) is 10.1. The van der Waals surface area contributed by atoms with Crippen molar-refractivity contribution in [1.82, 2.24) is 0 Å². The molecule has 3 rings (SSSR count). The number of carboxylic acid groups (broad SMARTS) is 1. The van der Waals surface area contributed by atoms with Crippen LogP contribution in [0.1, 0.15) is 11.7 Å². The van der Waals surface area contributed by atoms with Gasteiger partial charge in [0.05, 0.1) is 0 Å². The molecule has 9 heteroatoms. The highest BCUT2D eigenvalue weighted by atomic mass is 32.2. The third-order valence-electron chi connectivity index (χ3n) is 4.61. The number of amides is 1. The fraction of sp³-hybridized carbons (Fsp3) is 0.120. The van der Waals surface area contributed by atoms with Gasteiger partial charge in [0.25, 0.3) is 0 Å². The standard InChI is InChI=1S/C25H22FNO6S/c1-34-19-10-8-17(9-11-19)27-25(31)33-24(16-7-12-21(28)20(26)15-16)22(13-14-23(29)30)32-18-5-3-2-4-6-18/h2-15,22,24,28H,1H3,(H,27,31)(H,29,30)/b14-13+/t22-,24-/m1/s1. The highest BCUT2D eigenvalue weighted by molar-refractivity contribution is 7.98. The summed E-state index contributed by atoms with van der Waals surface area (Å²) >= 11 is 1.55.